The maximum atomic E-state index is 11.5. The van der Waals surface area contributed by atoms with Crippen LogP contribution in [0.15, 0.2) is 10.5 Å². The first-order chi connectivity index (χ1) is 7.40. The quantitative estimate of drug-likeness (QED) is 0.819. The van der Waals surface area contributed by atoms with Crippen molar-refractivity contribution < 1.29 is 9.21 Å². The number of nitrogens with two attached hydrogens (primary N) is 1. The van der Waals surface area contributed by atoms with E-state index in [1.165, 1.54) is 0 Å². The number of nitrogens with one attached hydrogen (secondary N) is 1. The average Bonchev–Trinajstić information content (AvgIpc) is 2.43. The molecule has 1 aromatic heterocycles. The van der Waals surface area contributed by atoms with Crippen LogP contribution in [0.5, 0.6) is 0 Å². The molecule has 2 atom stereocenters. The van der Waals surface area contributed by atoms with E-state index in [-0.39, 0.29) is 18.0 Å². The predicted molar refractivity (Wildman–Crippen MR) is 63.0 cm³/mol. The van der Waals surface area contributed by atoms with Crippen molar-refractivity contribution in [2.45, 2.75) is 46.2 Å². The second-order valence-corrected chi connectivity index (χ2v) is 4.34. The van der Waals surface area contributed by atoms with E-state index in [0.717, 1.165) is 17.1 Å². The Kier molecular flexibility index (Phi) is 4.12. The van der Waals surface area contributed by atoms with Crippen LogP contribution in [0.4, 0.5) is 0 Å². The number of hydrogen-bond donors (Lipinski definition) is 2. The SMILES string of the molecule is Cc1cc(C(C)NC(=O)CC(C)N)c(C)o1. The highest BCUT2D eigenvalue weighted by Gasteiger charge is 2.15. The van der Waals surface area contributed by atoms with Gasteiger partial charge in [-0.05, 0) is 33.8 Å². The monoisotopic (exact) mass is 224 g/mol. The van der Waals surface area contributed by atoms with Crippen molar-refractivity contribution in [1.29, 1.82) is 0 Å². The number of aryl methyl sites for hydroxylation is 2. The molecular formula is C12H20N2O2. The molecule has 0 bridgehead atoms. The molecular weight excluding hydrogens is 204 g/mol. The van der Waals surface area contributed by atoms with Gasteiger partial charge in [0.1, 0.15) is 11.5 Å². The van der Waals surface area contributed by atoms with Gasteiger partial charge in [-0.1, -0.05) is 0 Å². The van der Waals surface area contributed by atoms with Crippen molar-refractivity contribution in [2.75, 3.05) is 0 Å². The Labute approximate surface area is 96.2 Å². The van der Waals surface area contributed by atoms with Crippen LogP contribution in [0.1, 0.15) is 43.4 Å². The number of amides is 1. The van der Waals surface area contributed by atoms with Gasteiger partial charge >= 0.3 is 0 Å². The summed E-state index contributed by atoms with van der Waals surface area (Å²) in [5.74, 6) is 1.69. The fourth-order valence-corrected chi connectivity index (χ4v) is 1.75. The van der Waals surface area contributed by atoms with Gasteiger partial charge in [-0.15, -0.1) is 0 Å². The molecule has 0 saturated heterocycles. The largest absolute Gasteiger partial charge is 0.466 e. The van der Waals surface area contributed by atoms with Crippen molar-refractivity contribution in [3.63, 3.8) is 0 Å². The molecule has 4 heteroatoms. The van der Waals surface area contributed by atoms with Gasteiger partial charge in [0.15, 0.2) is 0 Å². The molecule has 0 radical (unpaired) electrons. The van der Waals surface area contributed by atoms with Crippen LogP contribution in [0.2, 0.25) is 0 Å². The summed E-state index contributed by atoms with van der Waals surface area (Å²) < 4.78 is 5.42. The molecule has 0 fully saturated rings. The molecule has 1 amide bonds. The third-order valence-corrected chi connectivity index (χ3v) is 2.43. The highest BCUT2D eigenvalue weighted by Crippen LogP contribution is 2.21. The summed E-state index contributed by atoms with van der Waals surface area (Å²) in [6.45, 7) is 7.55. The molecule has 0 saturated carbocycles. The molecule has 0 aliphatic heterocycles. The van der Waals surface area contributed by atoms with Gasteiger partial charge in [-0.2, -0.15) is 0 Å². The van der Waals surface area contributed by atoms with Gasteiger partial charge in [0.05, 0.1) is 6.04 Å². The van der Waals surface area contributed by atoms with Crippen LogP contribution in [-0.4, -0.2) is 11.9 Å². The van der Waals surface area contributed by atoms with Gasteiger partial charge in [0.25, 0.3) is 0 Å². The maximum absolute atomic E-state index is 11.5. The summed E-state index contributed by atoms with van der Waals surface area (Å²) in [6.07, 6.45) is 0.347. The molecule has 4 nitrogen and oxygen atoms in total. The molecule has 1 heterocycles. The minimum absolute atomic E-state index is 0.0271. The highest BCUT2D eigenvalue weighted by molar-refractivity contribution is 5.77. The molecule has 1 rings (SSSR count). The van der Waals surface area contributed by atoms with Gasteiger partial charge in [-0.3, -0.25) is 4.79 Å². The number of carbonyl (C=O) groups is 1. The molecule has 3 N–H and O–H groups in total. The molecule has 90 valence electrons. The molecule has 0 aliphatic rings. The zero-order valence-electron chi connectivity index (χ0n) is 10.3. The van der Waals surface area contributed by atoms with E-state index in [4.69, 9.17) is 10.2 Å². The average molecular weight is 224 g/mol. The Hall–Kier alpha value is -1.29. The highest BCUT2D eigenvalue weighted by atomic mass is 16.3. The Morgan fingerprint density at radius 2 is 2.12 bits per heavy atom. The molecule has 16 heavy (non-hydrogen) atoms. The Morgan fingerprint density at radius 1 is 1.50 bits per heavy atom. The first-order valence-corrected chi connectivity index (χ1v) is 5.52. The van der Waals surface area contributed by atoms with Gasteiger partial charge in [0, 0.05) is 18.0 Å². The van der Waals surface area contributed by atoms with Crippen molar-refractivity contribution >= 4 is 5.91 Å². The minimum Gasteiger partial charge on any atom is -0.466 e. The van der Waals surface area contributed by atoms with E-state index >= 15 is 0 Å². The molecule has 0 aromatic carbocycles. The van der Waals surface area contributed by atoms with Crippen molar-refractivity contribution in [1.82, 2.24) is 5.32 Å². The first kappa shape index (κ1) is 12.8. The first-order valence-electron chi connectivity index (χ1n) is 5.52. The van der Waals surface area contributed by atoms with Crippen molar-refractivity contribution in [3.8, 4) is 0 Å². The van der Waals surface area contributed by atoms with Crippen LogP contribution < -0.4 is 11.1 Å². The second-order valence-electron chi connectivity index (χ2n) is 4.34. The smallest absolute Gasteiger partial charge is 0.222 e. The zero-order valence-corrected chi connectivity index (χ0v) is 10.3. The van der Waals surface area contributed by atoms with Crippen LogP contribution >= 0.6 is 0 Å². The van der Waals surface area contributed by atoms with Crippen LogP contribution in [-0.2, 0) is 4.79 Å². The van der Waals surface area contributed by atoms with Crippen molar-refractivity contribution in [2.24, 2.45) is 5.73 Å². The van der Waals surface area contributed by atoms with Crippen LogP contribution in [0.25, 0.3) is 0 Å². The molecule has 0 aliphatic carbocycles. The lowest BCUT2D eigenvalue weighted by Crippen LogP contribution is -2.31. The van der Waals surface area contributed by atoms with Gasteiger partial charge in [-0.25, -0.2) is 0 Å². The lowest BCUT2D eigenvalue weighted by molar-refractivity contribution is -0.122. The van der Waals surface area contributed by atoms with E-state index in [1.54, 1.807) is 0 Å². The third-order valence-electron chi connectivity index (χ3n) is 2.43. The van der Waals surface area contributed by atoms with Crippen LogP contribution in [0.3, 0.4) is 0 Å². The maximum Gasteiger partial charge on any atom is 0.222 e. The fraction of sp³-hybridized carbons (Fsp3) is 0.583. The summed E-state index contributed by atoms with van der Waals surface area (Å²) >= 11 is 0. The summed E-state index contributed by atoms with van der Waals surface area (Å²) in [7, 11) is 0. The number of furan rings is 1. The standard InChI is InChI=1S/C12H20N2O2/c1-7(13)5-12(15)14-9(3)11-6-8(2)16-10(11)4/h6-7,9H,5,13H2,1-4H3,(H,14,15). The molecule has 2 unspecified atom stereocenters. The van der Waals surface area contributed by atoms with E-state index in [2.05, 4.69) is 5.32 Å². The molecule has 1 aromatic rings. The van der Waals surface area contributed by atoms with E-state index in [1.807, 2.05) is 33.8 Å². The summed E-state index contributed by atoms with van der Waals surface area (Å²) in [5, 5.41) is 2.90. The fourth-order valence-electron chi connectivity index (χ4n) is 1.75. The Bertz CT molecular complexity index is 369. The normalized spacial score (nSPS) is 14.6. The lowest BCUT2D eigenvalue weighted by atomic mass is 10.1. The predicted octanol–water partition coefficient (Wildman–Crippen LogP) is 1.81. The van der Waals surface area contributed by atoms with Crippen LogP contribution in [0, 0.1) is 13.8 Å². The van der Waals surface area contributed by atoms with E-state index in [9.17, 15) is 4.79 Å². The van der Waals surface area contributed by atoms with E-state index in [0.29, 0.717) is 6.42 Å². The van der Waals surface area contributed by atoms with Crippen molar-refractivity contribution in [3.05, 3.63) is 23.2 Å². The van der Waals surface area contributed by atoms with Gasteiger partial charge in [0.2, 0.25) is 5.91 Å². The minimum atomic E-state index is -0.112. The number of hydrogen-bond acceptors (Lipinski definition) is 3. The summed E-state index contributed by atoms with van der Waals surface area (Å²) in [6, 6.07) is 1.80. The van der Waals surface area contributed by atoms with Gasteiger partial charge < -0.3 is 15.5 Å². The summed E-state index contributed by atoms with van der Waals surface area (Å²) in [4.78, 5) is 11.5. The Morgan fingerprint density at radius 3 is 2.56 bits per heavy atom. The lowest BCUT2D eigenvalue weighted by Gasteiger charge is -2.14. The second kappa shape index (κ2) is 5.16. The Balaban J connectivity index is 2.62. The summed E-state index contributed by atoms with van der Waals surface area (Å²) in [5.41, 5.74) is 6.59. The number of rotatable bonds is 4. The topological polar surface area (TPSA) is 68.3 Å². The third kappa shape index (κ3) is 3.38. The number of carbonyl (C=O) groups excluding carboxylic acids is 1. The zero-order chi connectivity index (χ0) is 12.3. The molecule has 0 spiro atoms. The van der Waals surface area contributed by atoms with E-state index < -0.39 is 0 Å².